The highest BCUT2D eigenvalue weighted by atomic mass is 19.4. The third-order valence-electron chi connectivity index (χ3n) is 6.42. The summed E-state index contributed by atoms with van der Waals surface area (Å²) in [5, 5.41) is 0. The molecule has 3 heterocycles. The van der Waals surface area contributed by atoms with Crippen LogP contribution < -0.4 is 14.5 Å². The number of pyridine rings is 1. The maximum absolute atomic E-state index is 13.3. The van der Waals surface area contributed by atoms with Gasteiger partial charge in [-0.1, -0.05) is 0 Å². The van der Waals surface area contributed by atoms with Crippen molar-refractivity contribution in [2.75, 3.05) is 22.9 Å². The summed E-state index contributed by atoms with van der Waals surface area (Å²) < 4.78 is 41.2. The average Bonchev–Trinajstić information content (AvgIpc) is 3.57. The van der Waals surface area contributed by atoms with Crippen LogP contribution >= 0.6 is 0 Å². The number of piperidine rings is 1. The Bertz CT molecular complexity index is 1060. The summed E-state index contributed by atoms with van der Waals surface area (Å²) in [7, 11) is 0. The Kier molecular flexibility index (Phi) is 5.18. The Morgan fingerprint density at radius 1 is 1.00 bits per heavy atom. The number of aromatic nitrogens is 1. The minimum Gasteiger partial charge on any atom is -0.406 e. The fourth-order valence-electron chi connectivity index (χ4n) is 4.60. The topological polar surface area (TPSA) is 66.0 Å². The van der Waals surface area contributed by atoms with E-state index in [1.807, 2.05) is 12.1 Å². The van der Waals surface area contributed by atoms with Gasteiger partial charge in [-0.05, 0) is 74.1 Å². The molecule has 2 aromatic rings. The normalized spacial score (nSPS) is 20.0. The van der Waals surface area contributed by atoms with E-state index in [1.165, 1.54) is 18.6 Å². The molecule has 10 heteroatoms. The van der Waals surface area contributed by atoms with E-state index in [9.17, 15) is 22.8 Å². The second-order valence-electron chi connectivity index (χ2n) is 8.65. The quantitative estimate of drug-likeness (QED) is 0.616. The molecule has 1 saturated carbocycles. The van der Waals surface area contributed by atoms with E-state index in [4.69, 9.17) is 0 Å². The molecule has 2 saturated heterocycles. The molecule has 5 rings (SSSR count). The summed E-state index contributed by atoms with van der Waals surface area (Å²) in [6.07, 6.45) is 1.49. The molecule has 3 fully saturated rings. The number of urea groups is 1. The Balaban J connectivity index is 1.36. The lowest BCUT2D eigenvalue weighted by molar-refractivity contribution is -0.274. The third kappa shape index (κ3) is 4.09. The Morgan fingerprint density at radius 2 is 1.70 bits per heavy atom. The molecule has 2 aliphatic heterocycles. The maximum Gasteiger partial charge on any atom is 0.573 e. The fraction of sp³-hybridized carbons (Fsp3) is 0.435. The first-order valence-corrected chi connectivity index (χ1v) is 11.0. The number of amides is 3. The van der Waals surface area contributed by atoms with E-state index in [0.717, 1.165) is 54.3 Å². The van der Waals surface area contributed by atoms with Gasteiger partial charge in [-0.3, -0.25) is 4.79 Å². The van der Waals surface area contributed by atoms with E-state index < -0.39 is 23.7 Å². The molecular weight excluding hydrogens is 437 g/mol. The van der Waals surface area contributed by atoms with Crippen molar-refractivity contribution in [3.63, 3.8) is 0 Å². The van der Waals surface area contributed by atoms with Gasteiger partial charge in [0.2, 0.25) is 0 Å². The molecular formula is C23H23F3N4O3. The molecule has 0 bridgehead atoms. The van der Waals surface area contributed by atoms with Gasteiger partial charge in [-0.15, -0.1) is 13.2 Å². The molecule has 0 unspecified atom stereocenters. The van der Waals surface area contributed by atoms with Crippen molar-refractivity contribution < 1.29 is 27.5 Å². The second kappa shape index (κ2) is 7.93. The maximum atomic E-state index is 13.3. The standard InChI is InChI=1S/C23H23F3N4O3/c24-23(25,26)33-18-6-4-17(5-7-18)30-20(31)22(9-10-22)29(21(30)32)15-16-8-11-27-19(14-16)28-12-2-1-3-13-28/h4-8,11,14H,1-3,9-10,12-13,15H2. The van der Waals surface area contributed by atoms with Crippen molar-refractivity contribution in [3.05, 3.63) is 48.2 Å². The first kappa shape index (κ1) is 21.5. The van der Waals surface area contributed by atoms with Gasteiger partial charge in [0, 0.05) is 25.8 Å². The summed E-state index contributed by atoms with van der Waals surface area (Å²) in [6, 6.07) is 8.10. The predicted octanol–water partition coefficient (Wildman–Crippen LogP) is 4.47. The van der Waals surface area contributed by atoms with E-state index in [0.29, 0.717) is 12.8 Å². The summed E-state index contributed by atoms with van der Waals surface area (Å²) >= 11 is 0. The van der Waals surface area contributed by atoms with Crippen molar-refractivity contribution in [3.8, 4) is 5.75 Å². The molecule has 1 aromatic carbocycles. The smallest absolute Gasteiger partial charge is 0.406 e. The van der Waals surface area contributed by atoms with Crippen molar-refractivity contribution in [1.82, 2.24) is 9.88 Å². The molecule has 0 radical (unpaired) electrons. The van der Waals surface area contributed by atoms with Crippen molar-refractivity contribution >= 4 is 23.4 Å². The number of benzene rings is 1. The van der Waals surface area contributed by atoms with E-state index in [-0.39, 0.29) is 18.1 Å². The zero-order chi connectivity index (χ0) is 23.2. The highest BCUT2D eigenvalue weighted by molar-refractivity contribution is 6.24. The zero-order valence-electron chi connectivity index (χ0n) is 17.8. The number of nitrogens with zero attached hydrogens (tertiary/aromatic N) is 4. The van der Waals surface area contributed by atoms with Gasteiger partial charge in [-0.2, -0.15) is 0 Å². The lowest BCUT2D eigenvalue weighted by atomic mass is 10.1. The van der Waals surface area contributed by atoms with Gasteiger partial charge in [0.15, 0.2) is 0 Å². The van der Waals surface area contributed by atoms with Crippen LogP contribution in [0.15, 0.2) is 42.6 Å². The lowest BCUT2D eigenvalue weighted by Crippen LogP contribution is -2.36. The van der Waals surface area contributed by atoms with Crippen LogP contribution in [0.25, 0.3) is 0 Å². The Morgan fingerprint density at radius 3 is 2.33 bits per heavy atom. The number of hydrogen-bond acceptors (Lipinski definition) is 5. The SMILES string of the molecule is O=C1N(c2ccc(OC(F)(F)F)cc2)C(=O)C2(CC2)N1Cc1ccnc(N2CCCCC2)c1. The van der Waals surface area contributed by atoms with Crippen LogP contribution in [-0.2, 0) is 11.3 Å². The predicted molar refractivity (Wildman–Crippen MR) is 114 cm³/mol. The number of ether oxygens (including phenoxy) is 1. The molecule has 7 nitrogen and oxygen atoms in total. The Hall–Kier alpha value is -3.30. The van der Waals surface area contributed by atoms with E-state index in [1.54, 1.807) is 11.1 Å². The van der Waals surface area contributed by atoms with Gasteiger partial charge < -0.3 is 14.5 Å². The molecule has 1 spiro atoms. The number of carbonyl (C=O) groups is 2. The average molecular weight is 460 g/mol. The van der Waals surface area contributed by atoms with Crippen molar-refractivity contribution in [2.45, 2.75) is 50.6 Å². The molecule has 1 aromatic heterocycles. The summed E-state index contributed by atoms with van der Waals surface area (Å²) in [5.74, 6) is 0.111. The van der Waals surface area contributed by atoms with Gasteiger partial charge >= 0.3 is 12.4 Å². The van der Waals surface area contributed by atoms with E-state index >= 15 is 0 Å². The largest absolute Gasteiger partial charge is 0.573 e. The van der Waals surface area contributed by atoms with Gasteiger partial charge in [-0.25, -0.2) is 14.7 Å². The number of alkyl halides is 3. The Labute approximate surface area is 188 Å². The van der Waals surface area contributed by atoms with Crippen LogP contribution in [0, 0.1) is 0 Å². The van der Waals surface area contributed by atoms with Gasteiger partial charge in [0.05, 0.1) is 5.69 Å². The lowest BCUT2D eigenvalue weighted by Gasteiger charge is -2.28. The molecule has 3 amide bonds. The first-order chi connectivity index (χ1) is 15.8. The van der Waals surface area contributed by atoms with Crippen molar-refractivity contribution in [2.24, 2.45) is 0 Å². The van der Waals surface area contributed by atoms with Crippen molar-refractivity contribution in [1.29, 1.82) is 0 Å². The van der Waals surface area contributed by atoms with Crippen LogP contribution in [0.3, 0.4) is 0 Å². The van der Waals surface area contributed by atoms with Crippen LogP contribution in [0.5, 0.6) is 5.75 Å². The number of anilines is 2. The van der Waals surface area contributed by atoms with Gasteiger partial charge in [0.1, 0.15) is 17.1 Å². The number of imide groups is 1. The number of hydrogen-bond donors (Lipinski definition) is 0. The van der Waals surface area contributed by atoms with E-state index in [2.05, 4.69) is 14.6 Å². The minimum atomic E-state index is -4.81. The summed E-state index contributed by atoms with van der Waals surface area (Å²) in [6.45, 7) is 2.16. The van der Waals surface area contributed by atoms with Crippen LogP contribution in [0.2, 0.25) is 0 Å². The third-order valence-corrected chi connectivity index (χ3v) is 6.42. The van der Waals surface area contributed by atoms with Crippen LogP contribution in [-0.4, -0.2) is 46.8 Å². The molecule has 0 N–H and O–H groups in total. The number of halogens is 3. The summed E-state index contributed by atoms with van der Waals surface area (Å²) in [5.41, 5.74) is 0.220. The monoisotopic (exact) mass is 460 g/mol. The summed E-state index contributed by atoms with van der Waals surface area (Å²) in [4.78, 5) is 35.8. The molecule has 1 aliphatic carbocycles. The number of carbonyl (C=O) groups excluding carboxylic acids is 2. The highest BCUT2D eigenvalue weighted by Crippen LogP contribution is 2.49. The molecule has 33 heavy (non-hydrogen) atoms. The first-order valence-electron chi connectivity index (χ1n) is 11.0. The zero-order valence-corrected chi connectivity index (χ0v) is 17.8. The second-order valence-corrected chi connectivity index (χ2v) is 8.65. The van der Waals surface area contributed by atoms with Crippen LogP contribution in [0.4, 0.5) is 29.5 Å². The molecule has 3 aliphatic rings. The van der Waals surface area contributed by atoms with Crippen LogP contribution in [0.1, 0.15) is 37.7 Å². The molecule has 174 valence electrons. The van der Waals surface area contributed by atoms with Gasteiger partial charge in [0.25, 0.3) is 5.91 Å². The minimum absolute atomic E-state index is 0.219. The number of rotatable bonds is 5. The highest BCUT2D eigenvalue weighted by Gasteiger charge is 2.65. The molecule has 0 atom stereocenters. The fourth-order valence-corrected chi connectivity index (χ4v) is 4.60.